The van der Waals surface area contributed by atoms with Crippen LogP contribution in [0.25, 0.3) is 0 Å². The standard InChI is InChI=1S/C14H19N/c1-6-9-11-14(10-7-2)13(4)15(5)12-8-3/h6-11H,1-4,12H2,5H3/b11-9-,14-10-. The maximum Gasteiger partial charge on any atom is 0.0367 e. The molecule has 0 unspecified atom stereocenters. The lowest BCUT2D eigenvalue weighted by atomic mass is 10.1. The summed E-state index contributed by atoms with van der Waals surface area (Å²) in [5.41, 5.74) is 1.96. The summed E-state index contributed by atoms with van der Waals surface area (Å²) in [5.74, 6) is 0. The van der Waals surface area contributed by atoms with Crippen LogP contribution in [0.4, 0.5) is 0 Å². The fourth-order valence-electron chi connectivity index (χ4n) is 1.07. The predicted octanol–water partition coefficient (Wildman–Crippen LogP) is 3.47. The first-order valence-electron chi connectivity index (χ1n) is 4.80. The molecule has 0 aliphatic rings. The normalized spacial score (nSPS) is 11.1. The van der Waals surface area contributed by atoms with Crippen LogP contribution in [0.15, 0.2) is 74.0 Å². The van der Waals surface area contributed by atoms with Gasteiger partial charge in [-0.3, -0.25) is 0 Å². The summed E-state index contributed by atoms with van der Waals surface area (Å²) < 4.78 is 0. The Kier molecular flexibility index (Phi) is 6.73. The number of hydrogen-bond acceptors (Lipinski definition) is 1. The number of hydrogen-bond donors (Lipinski definition) is 0. The van der Waals surface area contributed by atoms with Gasteiger partial charge >= 0.3 is 0 Å². The van der Waals surface area contributed by atoms with Crippen molar-refractivity contribution in [1.82, 2.24) is 4.90 Å². The van der Waals surface area contributed by atoms with Crippen molar-refractivity contribution in [1.29, 1.82) is 0 Å². The Morgan fingerprint density at radius 1 is 1.20 bits per heavy atom. The van der Waals surface area contributed by atoms with Crippen molar-refractivity contribution in [2.75, 3.05) is 13.6 Å². The number of nitrogens with zero attached hydrogens (tertiary/aromatic N) is 1. The van der Waals surface area contributed by atoms with Crippen LogP contribution >= 0.6 is 0 Å². The fourth-order valence-corrected chi connectivity index (χ4v) is 1.07. The second-order valence-corrected chi connectivity index (χ2v) is 3.07. The molecule has 0 aromatic heterocycles. The Morgan fingerprint density at radius 3 is 2.33 bits per heavy atom. The van der Waals surface area contributed by atoms with Crippen molar-refractivity contribution < 1.29 is 0 Å². The van der Waals surface area contributed by atoms with Crippen molar-refractivity contribution in [2.24, 2.45) is 0 Å². The van der Waals surface area contributed by atoms with Crippen molar-refractivity contribution in [3.63, 3.8) is 0 Å². The van der Waals surface area contributed by atoms with Crippen LogP contribution in [-0.4, -0.2) is 18.5 Å². The van der Waals surface area contributed by atoms with Gasteiger partial charge in [-0.15, -0.1) is 6.58 Å². The SMILES string of the molecule is C=C/C=C\C(=C\C=C)C(=C)N(C)CC=C. The highest BCUT2D eigenvalue weighted by molar-refractivity contribution is 5.40. The molecular weight excluding hydrogens is 182 g/mol. The van der Waals surface area contributed by atoms with E-state index in [1.165, 1.54) is 0 Å². The lowest BCUT2D eigenvalue weighted by Crippen LogP contribution is -2.17. The quantitative estimate of drug-likeness (QED) is 0.450. The summed E-state index contributed by atoms with van der Waals surface area (Å²) in [6, 6.07) is 0. The van der Waals surface area contributed by atoms with Gasteiger partial charge in [0.05, 0.1) is 0 Å². The lowest BCUT2D eigenvalue weighted by Gasteiger charge is -2.20. The second kappa shape index (κ2) is 7.63. The molecule has 0 aromatic rings. The van der Waals surface area contributed by atoms with E-state index in [1.807, 2.05) is 36.3 Å². The summed E-state index contributed by atoms with van der Waals surface area (Å²) in [6.45, 7) is 15.8. The van der Waals surface area contributed by atoms with Crippen LogP contribution in [0.1, 0.15) is 0 Å². The van der Waals surface area contributed by atoms with Gasteiger partial charge in [0.25, 0.3) is 0 Å². The van der Waals surface area contributed by atoms with Gasteiger partial charge in [0.2, 0.25) is 0 Å². The summed E-state index contributed by atoms with van der Waals surface area (Å²) in [4.78, 5) is 2.02. The van der Waals surface area contributed by atoms with Crippen LogP contribution in [-0.2, 0) is 0 Å². The first kappa shape index (κ1) is 13.2. The molecule has 0 aromatic carbocycles. The molecule has 0 amide bonds. The largest absolute Gasteiger partial charge is 0.371 e. The summed E-state index contributed by atoms with van der Waals surface area (Å²) in [5, 5.41) is 0. The third-order valence-corrected chi connectivity index (χ3v) is 1.91. The van der Waals surface area contributed by atoms with E-state index in [0.717, 1.165) is 17.8 Å². The van der Waals surface area contributed by atoms with Gasteiger partial charge < -0.3 is 4.90 Å². The average Bonchev–Trinajstić information content (AvgIpc) is 2.23. The van der Waals surface area contributed by atoms with Gasteiger partial charge in [-0.2, -0.15) is 0 Å². The number of allylic oxidation sites excluding steroid dienone is 5. The minimum Gasteiger partial charge on any atom is -0.371 e. The van der Waals surface area contributed by atoms with E-state index in [4.69, 9.17) is 0 Å². The van der Waals surface area contributed by atoms with Gasteiger partial charge in [0.1, 0.15) is 0 Å². The monoisotopic (exact) mass is 201 g/mol. The van der Waals surface area contributed by atoms with E-state index in [1.54, 1.807) is 12.2 Å². The van der Waals surface area contributed by atoms with Crippen LogP contribution in [0, 0.1) is 0 Å². The minimum atomic E-state index is 0.773. The zero-order valence-corrected chi connectivity index (χ0v) is 9.45. The van der Waals surface area contributed by atoms with Crippen molar-refractivity contribution in [3.8, 4) is 0 Å². The van der Waals surface area contributed by atoms with E-state index in [2.05, 4.69) is 26.3 Å². The molecule has 0 saturated heterocycles. The second-order valence-electron chi connectivity index (χ2n) is 3.07. The highest BCUT2D eigenvalue weighted by Gasteiger charge is 2.02. The van der Waals surface area contributed by atoms with Crippen molar-refractivity contribution >= 4 is 0 Å². The third kappa shape index (κ3) is 4.87. The third-order valence-electron chi connectivity index (χ3n) is 1.91. The van der Waals surface area contributed by atoms with Gasteiger partial charge in [-0.05, 0) is 5.57 Å². The molecule has 80 valence electrons. The van der Waals surface area contributed by atoms with Crippen LogP contribution in [0.5, 0.6) is 0 Å². The molecule has 0 saturated carbocycles. The van der Waals surface area contributed by atoms with Crippen molar-refractivity contribution in [2.45, 2.75) is 0 Å². The van der Waals surface area contributed by atoms with Gasteiger partial charge in [-0.1, -0.05) is 56.2 Å². The average molecular weight is 201 g/mol. The Balaban J connectivity index is 4.77. The molecule has 1 nitrogen and oxygen atoms in total. The maximum absolute atomic E-state index is 4.02. The molecule has 0 bridgehead atoms. The number of likely N-dealkylation sites (N-methyl/N-ethyl adjacent to an activating group) is 1. The van der Waals surface area contributed by atoms with Crippen molar-refractivity contribution in [3.05, 3.63) is 74.0 Å². The van der Waals surface area contributed by atoms with Crippen LogP contribution < -0.4 is 0 Å². The van der Waals surface area contributed by atoms with Crippen LogP contribution in [0.3, 0.4) is 0 Å². The Hall–Kier alpha value is -1.76. The lowest BCUT2D eigenvalue weighted by molar-refractivity contribution is 0.477. The van der Waals surface area contributed by atoms with E-state index >= 15 is 0 Å². The summed E-state index contributed by atoms with van der Waals surface area (Å²) >= 11 is 0. The molecule has 0 atom stereocenters. The van der Waals surface area contributed by atoms with Gasteiger partial charge in [-0.25, -0.2) is 0 Å². The molecule has 0 heterocycles. The van der Waals surface area contributed by atoms with Gasteiger partial charge in [0.15, 0.2) is 0 Å². The molecule has 0 aliphatic heterocycles. The fraction of sp³-hybridized carbons (Fsp3) is 0.143. The molecule has 15 heavy (non-hydrogen) atoms. The molecule has 0 rings (SSSR count). The highest BCUT2D eigenvalue weighted by atomic mass is 15.1. The highest BCUT2D eigenvalue weighted by Crippen LogP contribution is 2.13. The van der Waals surface area contributed by atoms with Crippen LogP contribution in [0.2, 0.25) is 0 Å². The zero-order valence-electron chi connectivity index (χ0n) is 9.45. The maximum atomic E-state index is 4.02. The zero-order chi connectivity index (χ0) is 11.7. The van der Waals surface area contributed by atoms with E-state index in [-0.39, 0.29) is 0 Å². The summed E-state index contributed by atoms with van der Waals surface area (Å²) in [7, 11) is 1.97. The number of rotatable bonds is 7. The molecular formula is C14H19N. The molecule has 0 radical (unpaired) electrons. The smallest absolute Gasteiger partial charge is 0.0367 e. The molecule has 0 aliphatic carbocycles. The Bertz CT molecular complexity index is 305. The topological polar surface area (TPSA) is 3.24 Å². The minimum absolute atomic E-state index is 0.773. The molecule has 1 heteroatoms. The molecule has 0 fully saturated rings. The van der Waals surface area contributed by atoms with E-state index in [9.17, 15) is 0 Å². The predicted molar refractivity (Wildman–Crippen MR) is 69.6 cm³/mol. The first-order chi connectivity index (χ1) is 7.17. The summed E-state index contributed by atoms with van der Waals surface area (Å²) in [6.07, 6.45) is 11.1. The van der Waals surface area contributed by atoms with E-state index in [0.29, 0.717) is 0 Å². The van der Waals surface area contributed by atoms with E-state index < -0.39 is 0 Å². The molecule has 0 spiro atoms. The Labute approximate surface area is 93.1 Å². The Morgan fingerprint density at radius 2 is 1.87 bits per heavy atom. The first-order valence-corrected chi connectivity index (χ1v) is 4.80. The molecule has 0 N–H and O–H groups in total. The van der Waals surface area contributed by atoms with Gasteiger partial charge in [0, 0.05) is 19.3 Å².